The van der Waals surface area contributed by atoms with E-state index in [2.05, 4.69) is 0 Å². The zero-order valence-electron chi connectivity index (χ0n) is 16.8. The average molecular weight is 441 g/mol. The molecule has 0 unspecified atom stereocenters. The molecule has 2 aromatic carbocycles. The van der Waals surface area contributed by atoms with Gasteiger partial charge in [0.05, 0.1) is 23.8 Å². The smallest absolute Gasteiger partial charge is 0.333 e. The summed E-state index contributed by atoms with van der Waals surface area (Å²) in [4.78, 5) is 25.2. The SMILES string of the molecule is CCOC(=O)/C=c1\s/c(=C/c2ccc3c(c2)OCCO3)c(=O)n1Cc1ccc(F)cc1. The highest BCUT2D eigenvalue weighted by Crippen LogP contribution is 2.30. The van der Waals surface area contributed by atoms with Gasteiger partial charge in [0.15, 0.2) is 11.5 Å². The second kappa shape index (κ2) is 9.18. The number of benzene rings is 2. The average Bonchev–Trinajstić information content (AvgIpc) is 3.04. The molecule has 0 radical (unpaired) electrons. The highest BCUT2D eigenvalue weighted by molar-refractivity contribution is 7.07. The van der Waals surface area contributed by atoms with Crippen LogP contribution in [-0.2, 0) is 16.1 Å². The van der Waals surface area contributed by atoms with Gasteiger partial charge < -0.3 is 14.2 Å². The molecule has 1 aliphatic rings. The first-order valence-corrected chi connectivity index (χ1v) is 10.6. The van der Waals surface area contributed by atoms with Crippen molar-refractivity contribution in [2.24, 2.45) is 0 Å². The number of ether oxygens (including phenoxy) is 3. The van der Waals surface area contributed by atoms with E-state index in [1.807, 2.05) is 12.1 Å². The topological polar surface area (TPSA) is 66.8 Å². The van der Waals surface area contributed by atoms with E-state index < -0.39 is 5.97 Å². The van der Waals surface area contributed by atoms with Gasteiger partial charge in [-0.1, -0.05) is 18.2 Å². The molecule has 0 N–H and O–H groups in total. The Bertz CT molecular complexity index is 1280. The molecule has 2 heterocycles. The van der Waals surface area contributed by atoms with Gasteiger partial charge in [0.1, 0.15) is 23.7 Å². The first-order chi connectivity index (χ1) is 15.0. The van der Waals surface area contributed by atoms with Crippen molar-refractivity contribution in [3.05, 3.63) is 79.0 Å². The van der Waals surface area contributed by atoms with E-state index in [0.29, 0.717) is 33.9 Å². The Labute approximate surface area is 181 Å². The summed E-state index contributed by atoms with van der Waals surface area (Å²) in [6.07, 6.45) is 3.05. The normalized spacial score (nSPS) is 14.0. The van der Waals surface area contributed by atoms with Crippen molar-refractivity contribution < 1.29 is 23.4 Å². The molecular weight excluding hydrogens is 421 g/mol. The Balaban J connectivity index is 1.79. The molecule has 4 rings (SSSR count). The van der Waals surface area contributed by atoms with Crippen LogP contribution in [0.25, 0.3) is 12.2 Å². The van der Waals surface area contributed by atoms with Gasteiger partial charge >= 0.3 is 5.97 Å². The summed E-state index contributed by atoms with van der Waals surface area (Å²) < 4.78 is 31.8. The van der Waals surface area contributed by atoms with E-state index in [4.69, 9.17) is 14.2 Å². The van der Waals surface area contributed by atoms with E-state index in [-0.39, 0.29) is 24.5 Å². The standard InChI is InChI=1S/C23H20FNO5S/c1-2-28-22(26)13-21-25(14-15-3-6-17(24)7-4-15)23(27)20(31-21)12-16-5-8-18-19(11-16)30-10-9-29-18/h3-8,11-13H,2,9-10,14H2,1H3/b20-12+,21-13-. The quantitative estimate of drug-likeness (QED) is 0.567. The third kappa shape index (κ3) is 4.86. The number of carbonyl (C=O) groups excluding carboxylic acids is 1. The number of rotatable bonds is 5. The van der Waals surface area contributed by atoms with E-state index >= 15 is 0 Å². The summed E-state index contributed by atoms with van der Waals surface area (Å²) in [7, 11) is 0. The van der Waals surface area contributed by atoms with Gasteiger partial charge in [-0.25, -0.2) is 9.18 Å². The molecule has 0 spiro atoms. The zero-order valence-corrected chi connectivity index (χ0v) is 17.6. The maximum absolute atomic E-state index is 13.2. The third-order valence-corrected chi connectivity index (χ3v) is 5.64. The van der Waals surface area contributed by atoms with Crippen LogP contribution in [0.15, 0.2) is 47.3 Å². The predicted octanol–water partition coefficient (Wildman–Crippen LogP) is 2.04. The molecule has 6 nitrogen and oxygen atoms in total. The number of esters is 1. The number of hydrogen-bond donors (Lipinski definition) is 0. The van der Waals surface area contributed by atoms with E-state index in [0.717, 1.165) is 11.1 Å². The first kappa shape index (κ1) is 20.9. The summed E-state index contributed by atoms with van der Waals surface area (Å²) in [5, 5.41) is 0. The van der Waals surface area contributed by atoms with Crippen molar-refractivity contribution >= 4 is 29.5 Å². The molecule has 0 amide bonds. The monoisotopic (exact) mass is 441 g/mol. The van der Waals surface area contributed by atoms with Crippen molar-refractivity contribution in [2.45, 2.75) is 13.5 Å². The molecule has 1 aliphatic heterocycles. The van der Waals surface area contributed by atoms with Gasteiger partial charge in [0, 0.05) is 0 Å². The Morgan fingerprint density at radius 3 is 2.65 bits per heavy atom. The van der Waals surface area contributed by atoms with Gasteiger partial charge in [-0.15, -0.1) is 11.3 Å². The van der Waals surface area contributed by atoms with E-state index in [1.54, 1.807) is 31.2 Å². The lowest BCUT2D eigenvalue weighted by Crippen LogP contribution is -2.32. The highest BCUT2D eigenvalue weighted by atomic mass is 32.1. The minimum absolute atomic E-state index is 0.204. The molecule has 8 heteroatoms. The zero-order chi connectivity index (χ0) is 21.8. The molecule has 31 heavy (non-hydrogen) atoms. The number of hydrogen-bond acceptors (Lipinski definition) is 6. The van der Waals surface area contributed by atoms with Crippen LogP contribution in [-0.4, -0.2) is 30.4 Å². The van der Waals surface area contributed by atoms with Crippen molar-refractivity contribution in [2.75, 3.05) is 19.8 Å². The van der Waals surface area contributed by atoms with E-state index in [1.165, 1.54) is 34.1 Å². The molecule has 0 aliphatic carbocycles. The molecule has 0 bridgehead atoms. The number of aromatic nitrogens is 1. The lowest BCUT2D eigenvalue weighted by molar-refractivity contribution is -0.135. The first-order valence-electron chi connectivity index (χ1n) is 9.77. The summed E-state index contributed by atoms with van der Waals surface area (Å²) in [5.74, 6) is 0.413. The Morgan fingerprint density at radius 1 is 1.16 bits per heavy atom. The second-order valence-corrected chi connectivity index (χ2v) is 7.83. The minimum atomic E-state index is -0.525. The summed E-state index contributed by atoms with van der Waals surface area (Å²) in [5.41, 5.74) is 1.27. The molecule has 0 fully saturated rings. The Morgan fingerprint density at radius 2 is 1.90 bits per heavy atom. The van der Waals surface area contributed by atoms with Crippen molar-refractivity contribution in [3.8, 4) is 11.5 Å². The number of nitrogens with zero attached hydrogens (tertiary/aromatic N) is 1. The number of thiazole rings is 1. The maximum Gasteiger partial charge on any atom is 0.333 e. The molecule has 0 saturated carbocycles. The van der Waals surface area contributed by atoms with Crippen molar-refractivity contribution in [3.63, 3.8) is 0 Å². The summed E-state index contributed by atoms with van der Waals surface area (Å²) >= 11 is 1.19. The number of carbonyl (C=O) groups is 1. The lowest BCUT2D eigenvalue weighted by Gasteiger charge is -2.18. The van der Waals surface area contributed by atoms with Gasteiger partial charge in [-0.05, 0) is 48.4 Å². The number of halogens is 1. The maximum atomic E-state index is 13.2. The van der Waals surface area contributed by atoms with E-state index in [9.17, 15) is 14.0 Å². The van der Waals surface area contributed by atoms with Crippen LogP contribution in [0.3, 0.4) is 0 Å². The summed E-state index contributed by atoms with van der Waals surface area (Å²) in [6.45, 7) is 3.13. The number of fused-ring (bicyclic) bond motifs is 1. The highest BCUT2D eigenvalue weighted by Gasteiger charge is 2.12. The van der Waals surface area contributed by atoms with Gasteiger partial charge in [-0.3, -0.25) is 9.36 Å². The predicted molar refractivity (Wildman–Crippen MR) is 115 cm³/mol. The largest absolute Gasteiger partial charge is 0.486 e. The van der Waals surface area contributed by atoms with Crippen LogP contribution in [0.4, 0.5) is 4.39 Å². The Kier molecular flexibility index (Phi) is 6.18. The van der Waals surface area contributed by atoms with Crippen molar-refractivity contribution in [1.82, 2.24) is 4.57 Å². The minimum Gasteiger partial charge on any atom is -0.486 e. The van der Waals surface area contributed by atoms with Crippen LogP contribution in [0.2, 0.25) is 0 Å². The second-order valence-electron chi connectivity index (χ2n) is 6.77. The molecule has 160 valence electrons. The van der Waals surface area contributed by atoms with Crippen LogP contribution < -0.4 is 24.2 Å². The fourth-order valence-corrected chi connectivity index (χ4v) is 4.18. The fraction of sp³-hybridized carbons (Fsp3) is 0.217. The lowest BCUT2D eigenvalue weighted by atomic mass is 10.2. The summed E-state index contributed by atoms with van der Waals surface area (Å²) in [6, 6.07) is 11.3. The van der Waals surface area contributed by atoms with Crippen LogP contribution >= 0.6 is 11.3 Å². The van der Waals surface area contributed by atoms with Crippen LogP contribution in [0, 0.1) is 5.82 Å². The molecular formula is C23H20FNO5S. The molecule has 3 aromatic rings. The molecule has 1 aromatic heterocycles. The fourth-order valence-electron chi connectivity index (χ4n) is 3.15. The Hall–Kier alpha value is -3.39. The van der Waals surface area contributed by atoms with Gasteiger partial charge in [0.25, 0.3) is 5.56 Å². The van der Waals surface area contributed by atoms with Crippen LogP contribution in [0.5, 0.6) is 11.5 Å². The van der Waals surface area contributed by atoms with Gasteiger partial charge in [-0.2, -0.15) is 0 Å². The molecule has 0 saturated heterocycles. The van der Waals surface area contributed by atoms with Crippen LogP contribution in [0.1, 0.15) is 18.1 Å². The van der Waals surface area contributed by atoms with Crippen molar-refractivity contribution in [1.29, 1.82) is 0 Å². The molecule has 0 atom stereocenters. The third-order valence-electron chi connectivity index (χ3n) is 4.58. The van der Waals surface area contributed by atoms with Gasteiger partial charge in [0.2, 0.25) is 0 Å².